The van der Waals surface area contributed by atoms with Gasteiger partial charge in [0.25, 0.3) is 0 Å². The minimum Gasteiger partial charge on any atom is -0.373 e. The number of anilines is 1. The zero-order valence-corrected chi connectivity index (χ0v) is 10.5. The molecule has 3 heteroatoms. The summed E-state index contributed by atoms with van der Waals surface area (Å²) in [6.07, 6.45) is 3.92. The summed E-state index contributed by atoms with van der Waals surface area (Å²) in [5, 5.41) is 3.08. The van der Waals surface area contributed by atoms with Gasteiger partial charge in [-0.05, 0) is 45.0 Å². The molecule has 1 saturated heterocycles. The normalized spacial score (nSPS) is 22.1. The van der Waals surface area contributed by atoms with Crippen molar-refractivity contribution in [3.8, 4) is 0 Å². The zero-order valence-electron chi connectivity index (χ0n) is 10.5. The van der Waals surface area contributed by atoms with Crippen molar-refractivity contribution in [2.45, 2.75) is 32.2 Å². The van der Waals surface area contributed by atoms with Crippen LogP contribution >= 0.6 is 0 Å². The Labute approximate surface area is 97.9 Å². The summed E-state index contributed by atoms with van der Waals surface area (Å²) in [6, 6.07) is 4.86. The molecule has 0 amide bonds. The minimum absolute atomic E-state index is 0.562. The summed E-state index contributed by atoms with van der Waals surface area (Å²) in [6.45, 7) is 3.32. The van der Waals surface area contributed by atoms with Crippen LogP contribution in [-0.4, -0.2) is 30.5 Å². The molecule has 1 unspecified atom stereocenters. The molecule has 2 heterocycles. The fraction of sp³-hybridized carbons (Fsp3) is 0.615. The topological polar surface area (TPSA) is 28.2 Å². The molecule has 1 fully saturated rings. The Kier molecular flexibility index (Phi) is 3.44. The van der Waals surface area contributed by atoms with Crippen molar-refractivity contribution in [3.05, 3.63) is 23.4 Å². The molecule has 0 saturated carbocycles. The molecule has 0 spiro atoms. The summed E-state index contributed by atoms with van der Waals surface area (Å²) in [5.74, 6) is 0.958. The number of aromatic nitrogens is 1. The van der Waals surface area contributed by atoms with Crippen LogP contribution in [0.4, 0.5) is 5.82 Å². The van der Waals surface area contributed by atoms with E-state index in [2.05, 4.69) is 41.3 Å². The molecule has 1 aromatic heterocycles. The second-order valence-corrected chi connectivity index (χ2v) is 4.61. The first kappa shape index (κ1) is 11.4. The zero-order chi connectivity index (χ0) is 11.5. The van der Waals surface area contributed by atoms with Gasteiger partial charge in [-0.15, -0.1) is 0 Å². The van der Waals surface area contributed by atoms with E-state index in [-0.39, 0.29) is 0 Å². The maximum Gasteiger partial charge on any atom is 0.125 e. The molecule has 1 N–H and O–H groups in total. The average molecular weight is 219 g/mol. The van der Waals surface area contributed by atoms with Crippen molar-refractivity contribution in [2.75, 3.05) is 26.0 Å². The first-order chi connectivity index (χ1) is 7.72. The standard InChI is InChI=1S/C13H21N3/c1-10-11(7-8-13(14-2)15-10)12-6-4-5-9-16(12)3/h7-8,12H,4-6,9H2,1-3H3,(H,14,15). The first-order valence-corrected chi connectivity index (χ1v) is 6.08. The van der Waals surface area contributed by atoms with E-state index in [0.29, 0.717) is 6.04 Å². The third-order valence-electron chi connectivity index (χ3n) is 3.51. The average Bonchev–Trinajstić information content (AvgIpc) is 2.30. The van der Waals surface area contributed by atoms with E-state index in [1.807, 2.05) is 7.05 Å². The van der Waals surface area contributed by atoms with Crippen LogP contribution in [0, 0.1) is 6.92 Å². The lowest BCUT2D eigenvalue weighted by molar-refractivity contribution is 0.186. The predicted octanol–water partition coefficient (Wildman–Crippen LogP) is 2.59. The number of aryl methyl sites for hydroxylation is 1. The van der Waals surface area contributed by atoms with Gasteiger partial charge in [0, 0.05) is 18.8 Å². The van der Waals surface area contributed by atoms with Gasteiger partial charge in [0.15, 0.2) is 0 Å². The van der Waals surface area contributed by atoms with Gasteiger partial charge in [0.1, 0.15) is 5.82 Å². The maximum absolute atomic E-state index is 4.56. The van der Waals surface area contributed by atoms with Crippen LogP contribution in [0.15, 0.2) is 12.1 Å². The second kappa shape index (κ2) is 4.83. The van der Waals surface area contributed by atoms with Crippen LogP contribution in [0.3, 0.4) is 0 Å². The fourth-order valence-electron chi connectivity index (χ4n) is 2.53. The number of rotatable bonds is 2. The minimum atomic E-state index is 0.562. The van der Waals surface area contributed by atoms with Gasteiger partial charge in [-0.25, -0.2) is 4.98 Å². The molecular formula is C13H21N3. The Morgan fingerprint density at radius 3 is 2.81 bits per heavy atom. The molecule has 88 valence electrons. The van der Waals surface area contributed by atoms with Gasteiger partial charge in [-0.1, -0.05) is 12.5 Å². The summed E-state index contributed by atoms with van der Waals surface area (Å²) in [5.41, 5.74) is 2.55. The largest absolute Gasteiger partial charge is 0.373 e. The number of likely N-dealkylation sites (tertiary alicyclic amines) is 1. The van der Waals surface area contributed by atoms with Crippen molar-refractivity contribution in [1.82, 2.24) is 9.88 Å². The number of hydrogen-bond acceptors (Lipinski definition) is 3. The second-order valence-electron chi connectivity index (χ2n) is 4.61. The van der Waals surface area contributed by atoms with E-state index in [1.54, 1.807) is 0 Å². The highest BCUT2D eigenvalue weighted by atomic mass is 15.1. The third kappa shape index (κ3) is 2.19. The Hall–Kier alpha value is -1.09. The molecule has 1 atom stereocenters. The fourth-order valence-corrected chi connectivity index (χ4v) is 2.53. The third-order valence-corrected chi connectivity index (χ3v) is 3.51. The molecule has 1 aliphatic rings. The highest BCUT2D eigenvalue weighted by Crippen LogP contribution is 2.31. The van der Waals surface area contributed by atoms with E-state index in [4.69, 9.17) is 0 Å². The van der Waals surface area contributed by atoms with Gasteiger partial charge in [0.05, 0.1) is 0 Å². The van der Waals surface area contributed by atoms with E-state index in [0.717, 1.165) is 11.5 Å². The van der Waals surface area contributed by atoms with Crippen LogP contribution in [0.25, 0.3) is 0 Å². The lowest BCUT2D eigenvalue weighted by Gasteiger charge is -2.33. The van der Waals surface area contributed by atoms with Crippen molar-refractivity contribution >= 4 is 5.82 Å². The molecule has 16 heavy (non-hydrogen) atoms. The van der Waals surface area contributed by atoms with Crippen LogP contribution in [0.5, 0.6) is 0 Å². The number of nitrogens with one attached hydrogen (secondary N) is 1. The van der Waals surface area contributed by atoms with Gasteiger partial charge in [-0.3, -0.25) is 4.90 Å². The maximum atomic E-state index is 4.56. The van der Waals surface area contributed by atoms with Crippen LogP contribution in [0.2, 0.25) is 0 Å². The molecule has 0 bridgehead atoms. The molecule has 2 rings (SSSR count). The van der Waals surface area contributed by atoms with Crippen molar-refractivity contribution in [3.63, 3.8) is 0 Å². The van der Waals surface area contributed by atoms with Crippen molar-refractivity contribution in [2.24, 2.45) is 0 Å². The van der Waals surface area contributed by atoms with Crippen molar-refractivity contribution < 1.29 is 0 Å². The smallest absolute Gasteiger partial charge is 0.125 e. The summed E-state index contributed by atoms with van der Waals surface area (Å²) >= 11 is 0. The Morgan fingerprint density at radius 2 is 2.19 bits per heavy atom. The Balaban J connectivity index is 2.25. The first-order valence-electron chi connectivity index (χ1n) is 6.08. The van der Waals surface area contributed by atoms with Crippen LogP contribution < -0.4 is 5.32 Å². The van der Waals surface area contributed by atoms with Crippen molar-refractivity contribution in [1.29, 1.82) is 0 Å². The highest BCUT2D eigenvalue weighted by Gasteiger charge is 2.22. The molecule has 0 aliphatic carbocycles. The monoisotopic (exact) mass is 219 g/mol. The van der Waals surface area contributed by atoms with E-state index in [9.17, 15) is 0 Å². The quantitative estimate of drug-likeness (QED) is 0.828. The van der Waals surface area contributed by atoms with Gasteiger partial charge < -0.3 is 5.32 Å². The van der Waals surface area contributed by atoms with Gasteiger partial charge >= 0.3 is 0 Å². The Bertz CT molecular complexity index is 362. The molecule has 1 aliphatic heterocycles. The van der Waals surface area contributed by atoms with E-state index < -0.39 is 0 Å². The molecule has 0 aromatic carbocycles. The number of nitrogens with zero attached hydrogens (tertiary/aromatic N) is 2. The van der Waals surface area contributed by atoms with Crippen LogP contribution in [0.1, 0.15) is 36.6 Å². The van der Waals surface area contributed by atoms with E-state index in [1.165, 1.54) is 31.4 Å². The lowest BCUT2D eigenvalue weighted by atomic mass is 9.95. The van der Waals surface area contributed by atoms with Crippen LogP contribution in [-0.2, 0) is 0 Å². The lowest BCUT2D eigenvalue weighted by Crippen LogP contribution is -2.30. The molecule has 0 radical (unpaired) electrons. The molecule has 3 nitrogen and oxygen atoms in total. The SMILES string of the molecule is CNc1ccc(C2CCCCN2C)c(C)n1. The number of pyridine rings is 1. The Morgan fingerprint density at radius 1 is 1.38 bits per heavy atom. The number of piperidine rings is 1. The number of hydrogen-bond donors (Lipinski definition) is 1. The summed E-state index contributed by atoms with van der Waals surface area (Å²) in [7, 11) is 4.13. The molecular weight excluding hydrogens is 198 g/mol. The molecule has 1 aromatic rings. The highest BCUT2D eigenvalue weighted by molar-refractivity contribution is 5.39. The summed E-state index contributed by atoms with van der Waals surface area (Å²) in [4.78, 5) is 7.01. The van der Waals surface area contributed by atoms with Gasteiger partial charge in [-0.2, -0.15) is 0 Å². The predicted molar refractivity (Wildman–Crippen MR) is 67.7 cm³/mol. The summed E-state index contributed by atoms with van der Waals surface area (Å²) < 4.78 is 0. The van der Waals surface area contributed by atoms with E-state index >= 15 is 0 Å². The van der Waals surface area contributed by atoms with Gasteiger partial charge in [0.2, 0.25) is 0 Å².